The second kappa shape index (κ2) is 9.56. The first-order valence-electron chi connectivity index (χ1n) is 10.8. The zero-order chi connectivity index (χ0) is 23.5. The first-order chi connectivity index (χ1) is 16.6. The van der Waals surface area contributed by atoms with E-state index >= 15 is 0 Å². The summed E-state index contributed by atoms with van der Waals surface area (Å²) >= 11 is 1.67. The molecule has 4 aromatic rings. The van der Waals surface area contributed by atoms with Crippen LogP contribution in [0.2, 0.25) is 0 Å². The lowest BCUT2D eigenvalue weighted by atomic mass is 10.1. The number of nitrogens with zero attached hydrogens (tertiary/aromatic N) is 3. The SMILES string of the molecule is CSc1ccc(CC(=O)N2Cc3[nH]nc(C(=O)NCc4cccc(-c5ncco5)c4)c3C2)cc1. The topological polar surface area (TPSA) is 104 Å². The van der Waals surface area contributed by atoms with Gasteiger partial charge in [-0.25, -0.2) is 4.98 Å². The molecule has 34 heavy (non-hydrogen) atoms. The highest BCUT2D eigenvalue weighted by Crippen LogP contribution is 2.25. The number of hydrogen-bond donors (Lipinski definition) is 2. The van der Waals surface area contributed by atoms with E-state index in [0.29, 0.717) is 37.6 Å². The molecule has 0 radical (unpaired) electrons. The lowest BCUT2D eigenvalue weighted by molar-refractivity contribution is -0.131. The van der Waals surface area contributed by atoms with Crippen LogP contribution in [0.4, 0.5) is 0 Å². The molecule has 0 saturated heterocycles. The summed E-state index contributed by atoms with van der Waals surface area (Å²) in [5.41, 5.74) is 4.65. The molecule has 8 nitrogen and oxygen atoms in total. The molecular weight excluding hydrogens is 450 g/mol. The van der Waals surface area contributed by atoms with Gasteiger partial charge >= 0.3 is 0 Å². The van der Waals surface area contributed by atoms with Crippen molar-refractivity contribution >= 4 is 23.6 Å². The highest BCUT2D eigenvalue weighted by atomic mass is 32.2. The first kappa shape index (κ1) is 22.0. The molecule has 2 N–H and O–H groups in total. The maximum absolute atomic E-state index is 12.9. The van der Waals surface area contributed by atoms with Gasteiger partial charge in [0.2, 0.25) is 11.8 Å². The Kier molecular flexibility index (Phi) is 6.18. The fourth-order valence-electron chi connectivity index (χ4n) is 3.98. The summed E-state index contributed by atoms with van der Waals surface area (Å²) in [6.07, 6.45) is 5.47. The zero-order valence-electron chi connectivity index (χ0n) is 18.6. The van der Waals surface area contributed by atoms with Gasteiger partial charge in [-0.2, -0.15) is 5.10 Å². The van der Waals surface area contributed by atoms with Crippen molar-refractivity contribution in [2.75, 3.05) is 6.26 Å². The molecule has 0 unspecified atom stereocenters. The zero-order valence-corrected chi connectivity index (χ0v) is 19.4. The third-order valence-corrected chi connectivity index (χ3v) is 6.54. The van der Waals surface area contributed by atoms with Crippen molar-refractivity contribution in [1.82, 2.24) is 25.4 Å². The summed E-state index contributed by atoms with van der Waals surface area (Å²) in [5, 5.41) is 10.1. The summed E-state index contributed by atoms with van der Waals surface area (Å²) in [4.78, 5) is 32.8. The molecular formula is C25H23N5O3S. The van der Waals surface area contributed by atoms with Crippen LogP contribution in [0.15, 0.2) is 70.3 Å². The van der Waals surface area contributed by atoms with Crippen LogP contribution in [0.1, 0.15) is 32.9 Å². The minimum Gasteiger partial charge on any atom is -0.445 e. The van der Waals surface area contributed by atoms with Crippen molar-refractivity contribution in [3.05, 3.63) is 89.1 Å². The number of fused-ring (bicyclic) bond motifs is 1. The predicted octanol–water partition coefficient (Wildman–Crippen LogP) is 3.80. The van der Waals surface area contributed by atoms with Crippen molar-refractivity contribution in [2.45, 2.75) is 31.0 Å². The van der Waals surface area contributed by atoms with Crippen LogP contribution in [0.5, 0.6) is 0 Å². The van der Waals surface area contributed by atoms with Crippen LogP contribution in [0, 0.1) is 0 Å². The second-order valence-corrected chi connectivity index (χ2v) is 8.90. The van der Waals surface area contributed by atoms with Crippen LogP contribution in [-0.4, -0.2) is 38.2 Å². The minimum atomic E-state index is -0.277. The lowest BCUT2D eigenvalue weighted by Crippen LogP contribution is -2.28. The Morgan fingerprint density at radius 2 is 2.00 bits per heavy atom. The van der Waals surface area contributed by atoms with Crippen LogP contribution in [0.3, 0.4) is 0 Å². The largest absolute Gasteiger partial charge is 0.445 e. The molecule has 0 aliphatic carbocycles. The van der Waals surface area contributed by atoms with E-state index in [1.165, 1.54) is 11.2 Å². The average Bonchev–Trinajstić information content (AvgIpc) is 3.61. The van der Waals surface area contributed by atoms with Gasteiger partial charge in [-0.15, -0.1) is 11.8 Å². The fourth-order valence-corrected chi connectivity index (χ4v) is 4.39. The van der Waals surface area contributed by atoms with E-state index in [2.05, 4.69) is 20.5 Å². The van der Waals surface area contributed by atoms with E-state index in [0.717, 1.165) is 27.9 Å². The van der Waals surface area contributed by atoms with Gasteiger partial charge in [-0.3, -0.25) is 14.7 Å². The number of H-pyrrole nitrogens is 1. The highest BCUT2D eigenvalue weighted by molar-refractivity contribution is 7.98. The summed E-state index contributed by atoms with van der Waals surface area (Å²) in [6, 6.07) is 15.7. The number of benzene rings is 2. The normalized spacial score (nSPS) is 12.6. The molecule has 0 fully saturated rings. The quantitative estimate of drug-likeness (QED) is 0.396. The predicted molar refractivity (Wildman–Crippen MR) is 128 cm³/mol. The second-order valence-electron chi connectivity index (χ2n) is 8.02. The number of aromatic amines is 1. The van der Waals surface area contributed by atoms with Crippen molar-refractivity contribution in [1.29, 1.82) is 0 Å². The van der Waals surface area contributed by atoms with Gasteiger partial charge in [0.1, 0.15) is 6.26 Å². The lowest BCUT2D eigenvalue weighted by Gasteiger charge is -2.16. The smallest absolute Gasteiger partial charge is 0.272 e. The molecule has 172 valence electrons. The summed E-state index contributed by atoms with van der Waals surface area (Å²) in [7, 11) is 0. The van der Waals surface area contributed by atoms with E-state index in [1.54, 1.807) is 22.9 Å². The van der Waals surface area contributed by atoms with E-state index in [9.17, 15) is 9.59 Å². The molecule has 1 aliphatic heterocycles. The van der Waals surface area contributed by atoms with Crippen LogP contribution >= 0.6 is 11.8 Å². The maximum Gasteiger partial charge on any atom is 0.272 e. The van der Waals surface area contributed by atoms with Crippen LogP contribution < -0.4 is 5.32 Å². The molecule has 3 heterocycles. The monoisotopic (exact) mass is 473 g/mol. The number of nitrogens with one attached hydrogen (secondary N) is 2. The third-order valence-electron chi connectivity index (χ3n) is 5.79. The molecule has 5 rings (SSSR count). The summed E-state index contributed by atoms with van der Waals surface area (Å²) < 4.78 is 5.34. The van der Waals surface area contributed by atoms with Crippen molar-refractivity contribution < 1.29 is 14.0 Å². The fraction of sp³-hybridized carbons (Fsp3) is 0.200. The summed E-state index contributed by atoms with van der Waals surface area (Å²) in [5.74, 6) is 0.278. The molecule has 2 aromatic carbocycles. The van der Waals surface area contributed by atoms with Crippen LogP contribution in [-0.2, 0) is 30.8 Å². The maximum atomic E-state index is 12.9. The molecule has 0 atom stereocenters. The number of hydrogen-bond acceptors (Lipinski definition) is 6. The molecule has 2 amide bonds. The summed E-state index contributed by atoms with van der Waals surface area (Å²) in [6.45, 7) is 1.13. The number of carbonyl (C=O) groups excluding carboxylic acids is 2. The Morgan fingerprint density at radius 3 is 2.76 bits per heavy atom. The van der Waals surface area contributed by atoms with Crippen molar-refractivity contribution in [3.8, 4) is 11.5 Å². The van der Waals surface area contributed by atoms with Crippen molar-refractivity contribution in [2.24, 2.45) is 0 Å². The van der Waals surface area contributed by atoms with Gasteiger partial charge in [0, 0.05) is 22.6 Å². The van der Waals surface area contributed by atoms with Gasteiger partial charge in [0.25, 0.3) is 5.91 Å². The molecule has 0 saturated carbocycles. The Hall–Kier alpha value is -3.85. The Labute approximate surface area is 200 Å². The Morgan fingerprint density at radius 1 is 1.15 bits per heavy atom. The van der Waals surface area contributed by atoms with E-state index in [4.69, 9.17) is 4.42 Å². The van der Waals surface area contributed by atoms with E-state index < -0.39 is 0 Å². The number of aromatic nitrogens is 3. The van der Waals surface area contributed by atoms with Gasteiger partial charge in [-0.1, -0.05) is 24.3 Å². The number of thioether (sulfide) groups is 1. The van der Waals surface area contributed by atoms with Gasteiger partial charge in [0.05, 0.1) is 31.4 Å². The number of rotatable bonds is 7. The molecule has 1 aliphatic rings. The molecule has 0 bridgehead atoms. The minimum absolute atomic E-state index is 0.0243. The van der Waals surface area contributed by atoms with Gasteiger partial charge < -0.3 is 14.6 Å². The average molecular weight is 474 g/mol. The molecule has 2 aromatic heterocycles. The number of oxazole rings is 1. The third kappa shape index (κ3) is 4.60. The van der Waals surface area contributed by atoms with Crippen LogP contribution in [0.25, 0.3) is 11.5 Å². The van der Waals surface area contributed by atoms with Gasteiger partial charge in [-0.05, 0) is 41.6 Å². The van der Waals surface area contributed by atoms with E-state index in [1.807, 2.05) is 54.8 Å². The van der Waals surface area contributed by atoms with E-state index in [-0.39, 0.29) is 11.8 Å². The number of amides is 2. The number of carbonyl (C=O) groups is 2. The van der Waals surface area contributed by atoms with Crippen molar-refractivity contribution in [3.63, 3.8) is 0 Å². The molecule has 0 spiro atoms. The Bertz CT molecular complexity index is 1310. The van der Waals surface area contributed by atoms with Gasteiger partial charge in [0.15, 0.2) is 5.69 Å². The first-order valence-corrected chi connectivity index (χ1v) is 12.1. The standard InChI is InChI=1S/C25H23N5O3S/c1-34-19-7-5-16(6-8-19)12-22(31)30-14-20-21(15-30)28-29-23(20)24(32)27-13-17-3-2-4-18(11-17)25-26-9-10-33-25/h2-11H,12-15H2,1H3,(H,27,32)(H,28,29). The highest BCUT2D eigenvalue weighted by Gasteiger charge is 2.30. The molecule has 9 heteroatoms. The Balaban J connectivity index is 1.20.